The van der Waals surface area contributed by atoms with Gasteiger partial charge < -0.3 is 20.6 Å². The summed E-state index contributed by atoms with van der Waals surface area (Å²) in [5.74, 6) is 0.227. The molecule has 122 valence electrons. The van der Waals surface area contributed by atoms with Crippen LogP contribution in [-0.2, 0) is 0 Å². The first kappa shape index (κ1) is 16.6. The van der Waals surface area contributed by atoms with Crippen LogP contribution in [0.3, 0.4) is 0 Å². The van der Waals surface area contributed by atoms with Crippen molar-refractivity contribution in [1.29, 1.82) is 0 Å². The minimum atomic E-state index is -0.0832. The highest BCUT2D eigenvalue weighted by Crippen LogP contribution is 2.24. The van der Waals surface area contributed by atoms with Crippen LogP contribution in [0.5, 0.6) is 0 Å². The second-order valence-corrected chi connectivity index (χ2v) is 6.65. The fourth-order valence-corrected chi connectivity index (χ4v) is 3.71. The lowest BCUT2D eigenvalue weighted by atomic mass is 9.85. The molecule has 2 atom stereocenters. The SMILES string of the molecule is CN(CCNC(=O)NC1CCCCC1CO)C1CCCC1. The predicted octanol–water partition coefficient (Wildman–Crippen LogP) is 1.71. The summed E-state index contributed by atoms with van der Waals surface area (Å²) in [6, 6.07) is 0.753. The van der Waals surface area contributed by atoms with E-state index in [-0.39, 0.29) is 24.6 Å². The fourth-order valence-electron chi connectivity index (χ4n) is 3.71. The lowest BCUT2D eigenvalue weighted by Crippen LogP contribution is -2.49. The summed E-state index contributed by atoms with van der Waals surface area (Å²) in [5.41, 5.74) is 0. The van der Waals surface area contributed by atoms with Gasteiger partial charge in [-0.1, -0.05) is 25.7 Å². The predicted molar refractivity (Wildman–Crippen MR) is 84.3 cm³/mol. The Labute approximate surface area is 128 Å². The summed E-state index contributed by atoms with van der Waals surface area (Å²) in [6.07, 6.45) is 9.59. The number of carbonyl (C=O) groups excluding carboxylic acids is 1. The van der Waals surface area contributed by atoms with Crippen LogP contribution in [0.15, 0.2) is 0 Å². The Kier molecular flexibility index (Phi) is 6.77. The largest absolute Gasteiger partial charge is 0.396 e. The molecule has 0 saturated heterocycles. The van der Waals surface area contributed by atoms with E-state index < -0.39 is 0 Å². The van der Waals surface area contributed by atoms with Crippen LogP contribution in [0.4, 0.5) is 4.79 Å². The van der Waals surface area contributed by atoms with E-state index in [1.54, 1.807) is 0 Å². The van der Waals surface area contributed by atoms with Gasteiger partial charge in [0.25, 0.3) is 0 Å². The maximum atomic E-state index is 12.0. The van der Waals surface area contributed by atoms with Crippen molar-refractivity contribution in [2.24, 2.45) is 5.92 Å². The topological polar surface area (TPSA) is 64.6 Å². The summed E-state index contributed by atoms with van der Waals surface area (Å²) in [4.78, 5) is 14.3. The molecular weight excluding hydrogens is 266 g/mol. The number of likely N-dealkylation sites (N-methyl/N-ethyl adjacent to an activating group) is 1. The van der Waals surface area contributed by atoms with Crippen molar-refractivity contribution in [2.75, 3.05) is 26.7 Å². The molecule has 0 aromatic carbocycles. The Morgan fingerprint density at radius 3 is 2.52 bits per heavy atom. The Hall–Kier alpha value is -0.810. The van der Waals surface area contributed by atoms with Gasteiger partial charge in [-0.2, -0.15) is 0 Å². The summed E-state index contributed by atoms with van der Waals surface area (Å²) in [5, 5.41) is 15.4. The van der Waals surface area contributed by atoms with E-state index in [9.17, 15) is 9.90 Å². The van der Waals surface area contributed by atoms with Gasteiger partial charge in [0.2, 0.25) is 0 Å². The zero-order chi connectivity index (χ0) is 15.1. The molecule has 5 heteroatoms. The Balaban J connectivity index is 1.62. The molecule has 2 aliphatic rings. The third-order valence-corrected chi connectivity index (χ3v) is 5.16. The van der Waals surface area contributed by atoms with E-state index in [2.05, 4.69) is 22.6 Å². The second-order valence-electron chi connectivity index (χ2n) is 6.65. The third kappa shape index (κ3) is 5.15. The zero-order valence-corrected chi connectivity index (χ0v) is 13.3. The highest BCUT2D eigenvalue weighted by molar-refractivity contribution is 5.74. The van der Waals surface area contributed by atoms with Crippen molar-refractivity contribution in [2.45, 2.75) is 63.5 Å². The number of nitrogens with one attached hydrogen (secondary N) is 2. The monoisotopic (exact) mass is 297 g/mol. The molecule has 2 saturated carbocycles. The maximum absolute atomic E-state index is 12.0. The molecule has 0 aromatic rings. The standard InChI is InChI=1S/C16H31N3O2/c1-19(14-7-3-4-8-14)11-10-17-16(21)18-15-9-5-2-6-13(15)12-20/h13-15,20H,2-12H2,1H3,(H2,17,18,21). The number of hydrogen-bond donors (Lipinski definition) is 3. The Morgan fingerprint density at radius 2 is 1.81 bits per heavy atom. The van der Waals surface area contributed by atoms with E-state index >= 15 is 0 Å². The van der Waals surface area contributed by atoms with E-state index in [0.717, 1.165) is 32.2 Å². The highest BCUT2D eigenvalue weighted by Gasteiger charge is 2.25. The number of amides is 2. The number of hydrogen-bond acceptors (Lipinski definition) is 3. The van der Waals surface area contributed by atoms with Crippen LogP contribution in [0.1, 0.15) is 51.4 Å². The molecule has 0 heterocycles. The molecule has 5 nitrogen and oxygen atoms in total. The van der Waals surface area contributed by atoms with Gasteiger partial charge in [-0.05, 0) is 32.7 Å². The number of aliphatic hydroxyl groups is 1. The Morgan fingerprint density at radius 1 is 1.14 bits per heavy atom. The van der Waals surface area contributed by atoms with Gasteiger partial charge in [0, 0.05) is 37.7 Å². The van der Waals surface area contributed by atoms with E-state index in [1.165, 1.54) is 25.7 Å². The lowest BCUT2D eigenvalue weighted by Gasteiger charge is -2.31. The van der Waals surface area contributed by atoms with Crippen molar-refractivity contribution >= 4 is 6.03 Å². The number of aliphatic hydroxyl groups excluding tert-OH is 1. The molecule has 2 rings (SSSR count). The van der Waals surface area contributed by atoms with Gasteiger partial charge >= 0.3 is 6.03 Å². The average Bonchev–Trinajstić information content (AvgIpc) is 3.02. The smallest absolute Gasteiger partial charge is 0.315 e. The quantitative estimate of drug-likeness (QED) is 0.699. The van der Waals surface area contributed by atoms with E-state index in [1.807, 2.05) is 0 Å². The lowest BCUT2D eigenvalue weighted by molar-refractivity contribution is 0.153. The first-order chi connectivity index (χ1) is 10.2. The van der Waals surface area contributed by atoms with Crippen molar-refractivity contribution < 1.29 is 9.90 Å². The molecule has 3 N–H and O–H groups in total. The minimum absolute atomic E-state index is 0.0832. The van der Waals surface area contributed by atoms with Crippen molar-refractivity contribution in [3.63, 3.8) is 0 Å². The van der Waals surface area contributed by atoms with Crippen LogP contribution >= 0.6 is 0 Å². The van der Waals surface area contributed by atoms with Crippen LogP contribution in [-0.4, -0.2) is 54.9 Å². The van der Waals surface area contributed by atoms with Crippen molar-refractivity contribution in [3.8, 4) is 0 Å². The van der Waals surface area contributed by atoms with Crippen LogP contribution < -0.4 is 10.6 Å². The summed E-state index contributed by atoms with van der Waals surface area (Å²) < 4.78 is 0. The maximum Gasteiger partial charge on any atom is 0.315 e. The van der Waals surface area contributed by atoms with Crippen molar-refractivity contribution in [1.82, 2.24) is 15.5 Å². The molecule has 0 aliphatic heterocycles. The van der Waals surface area contributed by atoms with Gasteiger partial charge in [-0.25, -0.2) is 4.79 Å². The van der Waals surface area contributed by atoms with Crippen LogP contribution in [0.2, 0.25) is 0 Å². The molecule has 0 spiro atoms. The normalized spacial score (nSPS) is 27.0. The number of urea groups is 1. The second kappa shape index (κ2) is 8.59. The molecule has 2 fully saturated rings. The van der Waals surface area contributed by atoms with Gasteiger partial charge in [0.1, 0.15) is 0 Å². The van der Waals surface area contributed by atoms with Crippen LogP contribution in [0, 0.1) is 5.92 Å². The zero-order valence-electron chi connectivity index (χ0n) is 13.3. The summed E-state index contributed by atoms with van der Waals surface area (Å²) in [6.45, 7) is 1.77. The fraction of sp³-hybridized carbons (Fsp3) is 0.938. The molecule has 2 amide bonds. The molecule has 0 aromatic heterocycles. The van der Waals surface area contributed by atoms with E-state index in [4.69, 9.17) is 0 Å². The molecule has 0 radical (unpaired) electrons. The Bertz CT molecular complexity index is 319. The molecule has 0 bridgehead atoms. The van der Waals surface area contributed by atoms with Crippen LogP contribution in [0.25, 0.3) is 0 Å². The average molecular weight is 297 g/mol. The number of rotatable bonds is 6. The summed E-state index contributed by atoms with van der Waals surface area (Å²) >= 11 is 0. The van der Waals surface area contributed by atoms with E-state index in [0.29, 0.717) is 12.6 Å². The first-order valence-electron chi connectivity index (χ1n) is 8.56. The minimum Gasteiger partial charge on any atom is -0.396 e. The number of carbonyl (C=O) groups is 1. The molecule has 21 heavy (non-hydrogen) atoms. The first-order valence-corrected chi connectivity index (χ1v) is 8.56. The molecule has 2 unspecified atom stereocenters. The highest BCUT2D eigenvalue weighted by atomic mass is 16.3. The van der Waals surface area contributed by atoms with Gasteiger partial charge in [0.05, 0.1) is 0 Å². The number of nitrogens with zero attached hydrogens (tertiary/aromatic N) is 1. The van der Waals surface area contributed by atoms with Gasteiger partial charge in [-0.15, -0.1) is 0 Å². The van der Waals surface area contributed by atoms with Gasteiger partial charge in [-0.3, -0.25) is 0 Å². The molecular formula is C16H31N3O2. The third-order valence-electron chi connectivity index (χ3n) is 5.16. The van der Waals surface area contributed by atoms with Gasteiger partial charge in [0.15, 0.2) is 0 Å². The van der Waals surface area contributed by atoms with Crippen molar-refractivity contribution in [3.05, 3.63) is 0 Å². The summed E-state index contributed by atoms with van der Waals surface area (Å²) in [7, 11) is 2.15. The molecule has 2 aliphatic carbocycles.